The summed E-state index contributed by atoms with van der Waals surface area (Å²) < 4.78 is 32.7. The molecule has 1 fully saturated rings. The highest BCUT2D eigenvalue weighted by Crippen LogP contribution is 2.32. The van der Waals surface area contributed by atoms with Crippen LogP contribution in [0.2, 0.25) is 0 Å². The number of carbonyl (C=O) groups is 1. The monoisotopic (exact) mass is 440 g/mol. The highest BCUT2D eigenvalue weighted by molar-refractivity contribution is 5.92. The molecule has 2 heterocycles. The smallest absolute Gasteiger partial charge is 0.248 e. The fourth-order valence-electron chi connectivity index (χ4n) is 3.75. The molecule has 1 aromatic heterocycles. The number of rotatable bonds is 7. The third kappa shape index (κ3) is 4.74. The Labute approximate surface area is 185 Å². The number of benzene rings is 2. The Bertz CT molecular complexity index is 1100. The first-order valence-electron chi connectivity index (χ1n) is 10.2. The number of aromatic nitrogens is 2. The van der Waals surface area contributed by atoms with E-state index in [0.29, 0.717) is 31.4 Å². The Kier molecular flexibility index (Phi) is 6.38. The van der Waals surface area contributed by atoms with Gasteiger partial charge in [0, 0.05) is 31.9 Å². The molecule has 168 valence electrons. The number of carbonyl (C=O) groups excluding carboxylic acids is 1. The third-order valence-electron chi connectivity index (χ3n) is 5.37. The van der Waals surface area contributed by atoms with Gasteiger partial charge in [0.05, 0.1) is 31.9 Å². The molecule has 0 radical (unpaired) electrons. The van der Waals surface area contributed by atoms with E-state index in [1.54, 1.807) is 23.9 Å². The van der Waals surface area contributed by atoms with E-state index in [2.05, 4.69) is 10.00 Å². The predicted octanol–water partition coefficient (Wildman–Crippen LogP) is 3.03. The fourth-order valence-corrected chi connectivity index (χ4v) is 3.75. The zero-order chi connectivity index (χ0) is 22.7. The molecule has 9 heteroatoms. The number of nitrogens with zero attached hydrogens (tertiary/aromatic N) is 3. The minimum absolute atomic E-state index is 0.0275. The maximum absolute atomic E-state index is 14.2. The summed E-state index contributed by atoms with van der Waals surface area (Å²) in [6.45, 7) is 2.69. The van der Waals surface area contributed by atoms with E-state index in [1.165, 1.54) is 12.1 Å². The number of morpholine rings is 1. The van der Waals surface area contributed by atoms with Crippen LogP contribution < -0.4 is 15.2 Å². The van der Waals surface area contributed by atoms with Gasteiger partial charge in [0.1, 0.15) is 5.75 Å². The largest absolute Gasteiger partial charge is 0.480 e. The maximum atomic E-state index is 14.2. The van der Waals surface area contributed by atoms with Crippen LogP contribution in [0.5, 0.6) is 17.4 Å². The van der Waals surface area contributed by atoms with Gasteiger partial charge in [-0.15, -0.1) is 5.10 Å². The van der Waals surface area contributed by atoms with Crippen molar-refractivity contribution in [3.05, 3.63) is 71.2 Å². The topological polar surface area (TPSA) is 91.8 Å². The minimum Gasteiger partial charge on any atom is -0.480 e. The number of methoxy groups -OCH3 is 1. The molecule has 1 saturated heterocycles. The second-order valence-electron chi connectivity index (χ2n) is 7.58. The Morgan fingerprint density at radius 3 is 2.75 bits per heavy atom. The molecule has 2 N–H and O–H groups in total. The Balaban J connectivity index is 1.46. The maximum Gasteiger partial charge on any atom is 0.248 e. The van der Waals surface area contributed by atoms with Crippen LogP contribution >= 0.6 is 0 Å². The number of hydrogen-bond donors (Lipinski definition) is 1. The van der Waals surface area contributed by atoms with E-state index in [9.17, 15) is 9.18 Å². The van der Waals surface area contributed by atoms with Gasteiger partial charge in [-0.3, -0.25) is 14.4 Å². The van der Waals surface area contributed by atoms with Gasteiger partial charge in [-0.05, 0) is 35.9 Å². The highest BCUT2D eigenvalue weighted by atomic mass is 19.1. The lowest BCUT2D eigenvalue weighted by molar-refractivity contribution is -0.0135. The van der Waals surface area contributed by atoms with Crippen molar-refractivity contribution in [1.82, 2.24) is 14.7 Å². The van der Waals surface area contributed by atoms with Crippen molar-refractivity contribution < 1.29 is 23.4 Å². The van der Waals surface area contributed by atoms with Gasteiger partial charge in [0.2, 0.25) is 11.8 Å². The van der Waals surface area contributed by atoms with E-state index in [1.807, 2.05) is 25.4 Å². The summed E-state index contributed by atoms with van der Waals surface area (Å²) in [6, 6.07) is 11.4. The van der Waals surface area contributed by atoms with E-state index in [-0.39, 0.29) is 17.4 Å². The molecule has 0 aliphatic carbocycles. The molecule has 1 aliphatic heterocycles. The number of hydrogen-bond acceptors (Lipinski definition) is 6. The zero-order valence-corrected chi connectivity index (χ0v) is 18.0. The number of nitrogens with two attached hydrogens (primary N) is 1. The number of primary amides is 1. The molecule has 3 aromatic rings. The highest BCUT2D eigenvalue weighted by Gasteiger charge is 2.29. The first-order chi connectivity index (χ1) is 15.4. The predicted molar refractivity (Wildman–Crippen MR) is 115 cm³/mol. The molecule has 1 unspecified atom stereocenters. The third-order valence-corrected chi connectivity index (χ3v) is 5.37. The average Bonchev–Trinajstić information content (AvgIpc) is 3.17. The molecular formula is C23H25FN4O4. The average molecular weight is 440 g/mol. The Morgan fingerprint density at radius 1 is 1.28 bits per heavy atom. The van der Waals surface area contributed by atoms with Crippen LogP contribution in [0.25, 0.3) is 0 Å². The van der Waals surface area contributed by atoms with Crippen LogP contribution in [0, 0.1) is 5.82 Å². The minimum atomic E-state index is -0.690. The summed E-state index contributed by atoms with van der Waals surface area (Å²) in [6.07, 6.45) is 1.96. The molecule has 0 bridgehead atoms. The van der Waals surface area contributed by atoms with Gasteiger partial charge in [-0.2, -0.15) is 0 Å². The van der Waals surface area contributed by atoms with Crippen molar-refractivity contribution in [3.8, 4) is 17.4 Å². The molecule has 8 nitrogen and oxygen atoms in total. The quantitative estimate of drug-likeness (QED) is 0.607. The van der Waals surface area contributed by atoms with Gasteiger partial charge in [0.15, 0.2) is 11.6 Å². The lowest BCUT2D eigenvalue weighted by Crippen LogP contribution is -2.39. The van der Waals surface area contributed by atoms with Crippen LogP contribution in [0.1, 0.15) is 27.5 Å². The normalized spacial score (nSPS) is 16.7. The van der Waals surface area contributed by atoms with Crippen LogP contribution in [0.15, 0.2) is 48.7 Å². The summed E-state index contributed by atoms with van der Waals surface area (Å²) in [5.74, 6) is -0.218. The molecule has 0 spiro atoms. The van der Waals surface area contributed by atoms with Crippen molar-refractivity contribution in [2.75, 3.05) is 26.9 Å². The standard InChI is InChI=1S/C23H25FN4O4/c1-27-13-18(23(26-27)30-2)20-14-31-10-9-28(20)12-15-3-6-17(7-4-15)32-21-8-5-16(22(25)29)11-19(21)24/h3-8,11,13,20H,9-10,12,14H2,1-2H3,(H2,25,29). The summed E-state index contributed by atoms with van der Waals surface area (Å²) in [5.41, 5.74) is 7.34. The summed E-state index contributed by atoms with van der Waals surface area (Å²) >= 11 is 0. The molecule has 1 amide bonds. The molecule has 0 saturated carbocycles. The van der Waals surface area contributed by atoms with Gasteiger partial charge < -0.3 is 19.9 Å². The summed E-state index contributed by atoms with van der Waals surface area (Å²) in [5, 5.41) is 4.36. The zero-order valence-electron chi connectivity index (χ0n) is 18.0. The van der Waals surface area contributed by atoms with Gasteiger partial charge >= 0.3 is 0 Å². The lowest BCUT2D eigenvalue weighted by Gasteiger charge is -2.35. The Morgan fingerprint density at radius 2 is 2.06 bits per heavy atom. The first kappa shape index (κ1) is 21.8. The van der Waals surface area contributed by atoms with E-state index < -0.39 is 11.7 Å². The first-order valence-corrected chi connectivity index (χ1v) is 10.2. The van der Waals surface area contributed by atoms with Crippen LogP contribution in [-0.4, -0.2) is 47.5 Å². The number of ether oxygens (including phenoxy) is 3. The summed E-state index contributed by atoms with van der Waals surface area (Å²) in [7, 11) is 3.48. The summed E-state index contributed by atoms with van der Waals surface area (Å²) in [4.78, 5) is 13.5. The Hall–Kier alpha value is -3.43. The van der Waals surface area contributed by atoms with Crippen molar-refractivity contribution in [2.24, 2.45) is 12.8 Å². The fraction of sp³-hybridized carbons (Fsp3) is 0.304. The van der Waals surface area contributed by atoms with Crippen LogP contribution in [0.4, 0.5) is 4.39 Å². The lowest BCUT2D eigenvalue weighted by atomic mass is 10.1. The molecule has 4 rings (SSSR count). The number of aryl methyl sites for hydroxylation is 1. The van der Waals surface area contributed by atoms with E-state index in [0.717, 1.165) is 23.7 Å². The second kappa shape index (κ2) is 9.37. The van der Waals surface area contributed by atoms with E-state index >= 15 is 0 Å². The number of halogens is 1. The van der Waals surface area contributed by atoms with E-state index in [4.69, 9.17) is 19.9 Å². The van der Waals surface area contributed by atoms with Crippen LogP contribution in [-0.2, 0) is 18.3 Å². The van der Waals surface area contributed by atoms with Gasteiger partial charge in [-0.25, -0.2) is 4.39 Å². The van der Waals surface area contributed by atoms with Gasteiger partial charge in [-0.1, -0.05) is 12.1 Å². The van der Waals surface area contributed by atoms with Gasteiger partial charge in [0.25, 0.3) is 0 Å². The van der Waals surface area contributed by atoms with Crippen LogP contribution in [0.3, 0.4) is 0 Å². The van der Waals surface area contributed by atoms with Crippen molar-refractivity contribution in [2.45, 2.75) is 12.6 Å². The molecule has 2 aromatic carbocycles. The van der Waals surface area contributed by atoms with Crippen molar-refractivity contribution in [3.63, 3.8) is 0 Å². The molecule has 32 heavy (non-hydrogen) atoms. The SMILES string of the molecule is COc1nn(C)cc1C1COCCN1Cc1ccc(Oc2ccc(C(N)=O)cc2F)cc1. The number of amides is 1. The molecule has 1 aliphatic rings. The second-order valence-corrected chi connectivity index (χ2v) is 7.58. The molecule has 1 atom stereocenters. The van der Waals surface area contributed by atoms with Crippen molar-refractivity contribution >= 4 is 5.91 Å². The molecular weight excluding hydrogens is 415 g/mol. The van der Waals surface area contributed by atoms with Crippen molar-refractivity contribution in [1.29, 1.82) is 0 Å².